The maximum absolute atomic E-state index is 13.4. The molecule has 3 atom stereocenters. The number of benzene rings is 1. The van der Waals surface area contributed by atoms with Crippen LogP contribution < -0.4 is 0 Å². The molecule has 4 rings (SSSR count). The van der Waals surface area contributed by atoms with Crippen LogP contribution in [-0.4, -0.2) is 39.5 Å². The number of pyridine rings is 1. The number of carboxylic acids is 1. The van der Waals surface area contributed by atoms with E-state index in [1.165, 1.54) is 17.0 Å². The molecule has 1 aromatic heterocycles. The Balaban J connectivity index is 1.73. The monoisotopic (exact) mass is 342 g/mol. The number of aliphatic carboxylic acids is 1. The first-order valence-corrected chi connectivity index (χ1v) is 8.56. The van der Waals surface area contributed by atoms with Crippen molar-refractivity contribution >= 4 is 22.8 Å². The zero-order chi connectivity index (χ0) is 17.7. The molecule has 1 amide bonds. The number of amides is 1. The summed E-state index contributed by atoms with van der Waals surface area (Å²) >= 11 is 0. The summed E-state index contributed by atoms with van der Waals surface area (Å²) < 4.78 is 13.4. The number of likely N-dealkylation sites (tertiary alicyclic amines) is 1. The molecule has 1 saturated heterocycles. The summed E-state index contributed by atoms with van der Waals surface area (Å²) in [4.78, 5) is 30.7. The average molecular weight is 342 g/mol. The van der Waals surface area contributed by atoms with Gasteiger partial charge in [0.2, 0.25) is 0 Å². The standard InChI is InChI=1S/C19H19FN2O3/c1-10-15(7-11-5-6-13(20)8-16(11)21-10)18(23)22-9-12-3-2-4-14(12)17(22)19(24)25/h5-8,12,14,17H,2-4,9H2,1H3,(H,24,25)/t12-,14+,17+/m0/s1. The van der Waals surface area contributed by atoms with E-state index in [-0.39, 0.29) is 23.6 Å². The van der Waals surface area contributed by atoms with Gasteiger partial charge in [0, 0.05) is 18.0 Å². The third kappa shape index (κ3) is 2.56. The lowest BCUT2D eigenvalue weighted by Crippen LogP contribution is -2.43. The molecule has 0 spiro atoms. The molecule has 1 saturated carbocycles. The fraction of sp³-hybridized carbons (Fsp3) is 0.421. The predicted molar refractivity (Wildman–Crippen MR) is 89.7 cm³/mol. The predicted octanol–water partition coefficient (Wildman–Crippen LogP) is 3.01. The van der Waals surface area contributed by atoms with Gasteiger partial charge in [0.25, 0.3) is 5.91 Å². The number of aromatic nitrogens is 1. The highest BCUT2D eigenvalue weighted by Gasteiger charge is 2.49. The van der Waals surface area contributed by atoms with Crippen LogP contribution in [0.4, 0.5) is 4.39 Å². The first kappa shape index (κ1) is 16.0. The van der Waals surface area contributed by atoms with E-state index in [0.29, 0.717) is 28.7 Å². The number of carbonyl (C=O) groups excluding carboxylic acids is 1. The van der Waals surface area contributed by atoms with Gasteiger partial charge in [-0.15, -0.1) is 0 Å². The number of hydrogen-bond acceptors (Lipinski definition) is 3. The van der Waals surface area contributed by atoms with Crippen molar-refractivity contribution in [2.45, 2.75) is 32.2 Å². The van der Waals surface area contributed by atoms with Gasteiger partial charge in [0.15, 0.2) is 0 Å². The Kier molecular flexibility index (Phi) is 3.71. The minimum Gasteiger partial charge on any atom is -0.480 e. The third-order valence-corrected chi connectivity index (χ3v) is 5.60. The molecule has 1 N–H and O–H groups in total. The number of carbonyl (C=O) groups is 2. The van der Waals surface area contributed by atoms with Crippen LogP contribution in [-0.2, 0) is 4.79 Å². The number of halogens is 1. The van der Waals surface area contributed by atoms with Crippen molar-refractivity contribution in [2.24, 2.45) is 11.8 Å². The first-order valence-electron chi connectivity index (χ1n) is 8.56. The van der Waals surface area contributed by atoms with Crippen molar-refractivity contribution in [1.29, 1.82) is 0 Å². The van der Waals surface area contributed by atoms with Crippen LogP contribution in [0.3, 0.4) is 0 Å². The van der Waals surface area contributed by atoms with Crippen LogP contribution >= 0.6 is 0 Å². The minimum absolute atomic E-state index is 0.0456. The molecule has 0 unspecified atom stereocenters. The van der Waals surface area contributed by atoms with Gasteiger partial charge in [0.1, 0.15) is 11.9 Å². The Morgan fingerprint density at radius 2 is 2.08 bits per heavy atom. The number of fused-ring (bicyclic) bond motifs is 2. The summed E-state index contributed by atoms with van der Waals surface area (Å²) in [5, 5.41) is 10.3. The Morgan fingerprint density at radius 3 is 2.84 bits per heavy atom. The second-order valence-corrected chi connectivity index (χ2v) is 7.05. The molecular formula is C19H19FN2O3. The molecule has 0 radical (unpaired) electrons. The molecule has 1 aromatic carbocycles. The molecule has 0 bridgehead atoms. The van der Waals surface area contributed by atoms with E-state index in [4.69, 9.17) is 0 Å². The second-order valence-electron chi connectivity index (χ2n) is 7.05. The van der Waals surface area contributed by atoms with Crippen LogP contribution in [0.15, 0.2) is 24.3 Å². The quantitative estimate of drug-likeness (QED) is 0.911. The van der Waals surface area contributed by atoms with Gasteiger partial charge in [0.05, 0.1) is 16.8 Å². The average Bonchev–Trinajstić information content (AvgIpc) is 3.13. The van der Waals surface area contributed by atoms with E-state index in [1.807, 2.05) is 0 Å². The number of aryl methyl sites for hydroxylation is 1. The fourth-order valence-electron chi connectivity index (χ4n) is 4.44. The molecule has 2 heterocycles. The van der Waals surface area contributed by atoms with Crippen LogP contribution in [0.25, 0.3) is 10.9 Å². The Labute approximate surface area is 144 Å². The van der Waals surface area contributed by atoms with Gasteiger partial charge in [-0.25, -0.2) is 9.18 Å². The molecule has 2 fully saturated rings. The van der Waals surface area contributed by atoms with E-state index in [9.17, 15) is 19.1 Å². The number of rotatable bonds is 2. The zero-order valence-corrected chi connectivity index (χ0v) is 13.9. The first-order chi connectivity index (χ1) is 12.0. The fourth-order valence-corrected chi connectivity index (χ4v) is 4.44. The topological polar surface area (TPSA) is 70.5 Å². The van der Waals surface area contributed by atoms with E-state index in [0.717, 1.165) is 19.3 Å². The number of hydrogen-bond donors (Lipinski definition) is 1. The van der Waals surface area contributed by atoms with Gasteiger partial charge >= 0.3 is 5.97 Å². The van der Waals surface area contributed by atoms with Crippen LogP contribution in [0.2, 0.25) is 0 Å². The molecule has 5 nitrogen and oxygen atoms in total. The maximum atomic E-state index is 13.4. The van der Waals surface area contributed by atoms with Crippen LogP contribution in [0.1, 0.15) is 35.3 Å². The van der Waals surface area contributed by atoms with Crippen molar-refractivity contribution in [1.82, 2.24) is 9.88 Å². The van der Waals surface area contributed by atoms with Gasteiger partial charge in [-0.3, -0.25) is 9.78 Å². The van der Waals surface area contributed by atoms with Crippen molar-refractivity contribution < 1.29 is 19.1 Å². The third-order valence-electron chi connectivity index (χ3n) is 5.60. The summed E-state index contributed by atoms with van der Waals surface area (Å²) in [7, 11) is 0. The highest BCUT2D eigenvalue weighted by molar-refractivity contribution is 6.00. The zero-order valence-electron chi connectivity index (χ0n) is 13.9. The van der Waals surface area contributed by atoms with Crippen molar-refractivity contribution in [3.8, 4) is 0 Å². The van der Waals surface area contributed by atoms with Gasteiger partial charge in [-0.1, -0.05) is 6.42 Å². The molecule has 2 aromatic rings. The molecular weight excluding hydrogens is 323 g/mol. The summed E-state index contributed by atoms with van der Waals surface area (Å²) in [6.45, 7) is 2.19. The number of nitrogens with zero attached hydrogens (tertiary/aromatic N) is 2. The number of carboxylic acid groups (broad SMARTS) is 1. The van der Waals surface area contributed by atoms with E-state index < -0.39 is 12.0 Å². The lowest BCUT2D eigenvalue weighted by atomic mass is 9.94. The van der Waals surface area contributed by atoms with Gasteiger partial charge < -0.3 is 10.0 Å². The Hall–Kier alpha value is -2.50. The van der Waals surface area contributed by atoms with Crippen LogP contribution in [0.5, 0.6) is 0 Å². The lowest BCUT2D eigenvalue weighted by Gasteiger charge is -2.25. The Morgan fingerprint density at radius 1 is 1.28 bits per heavy atom. The lowest BCUT2D eigenvalue weighted by molar-refractivity contribution is -0.142. The highest BCUT2D eigenvalue weighted by Crippen LogP contribution is 2.42. The van der Waals surface area contributed by atoms with E-state index in [2.05, 4.69) is 4.98 Å². The SMILES string of the molecule is Cc1nc2cc(F)ccc2cc1C(=O)N1C[C@@H]2CCC[C@H]2[C@@H]1C(=O)O. The van der Waals surface area contributed by atoms with Gasteiger partial charge in [-0.2, -0.15) is 0 Å². The van der Waals surface area contributed by atoms with E-state index >= 15 is 0 Å². The summed E-state index contributed by atoms with van der Waals surface area (Å²) in [5.74, 6) is -1.29. The molecule has 6 heteroatoms. The molecule has 25 heavy (non-hydrogen) atoms. The van der Waals surface area contributed by atoms with Crippen molar-refractivity contribution in [3.05, 3.63) is 41.3 Å². The Bertz CT molecular complexity index is 882. The van der Waals surface area contributed by atoms with E-state index in [1.54, 1.807) is 19.1 Å². The molecule has 1 aliphatic heterocycles. The minimum atomic E-state index is -0.934. The molecule has 2 aliphatic rings. The summed E-state index contributed by atoms with van der Waals surface area (Å²) in [6.07, 6.45) is 2.87. The van der Waals surface area contributed by atoms with Gasteiger partial charge in [-0.05, 0) is 49.8 Å². The summed E-state index contributed by atoms with van der Waals surface area (Å²) in [6, 6.07) is 5.17. The largest absolute Gasteiger partial charge is 0.480 e. The smallest absolute Gasteiger partial charge is 0.326 e. The van der Waals surface area contributed by atoms with Crippen molar-refractivity contribution in [3.63, 3.8) is 0 Å². The normalized spacial score (nSPS) is 25.4. The molecule has 1 aliphatic carbocycles. The maximum Gasteiger partial charge on any atom is 0.326 e. The van der Waals surface area contributed by atoms with Crippen molar-refractivity contribution in [2.75, 3.05) is 6.54 Å². The molecule has 130 valence electrons. The highest BCUT2D eigenvalue weighted by atomic mass is 19.1. The van der Waals surface area contributed by atoms with Crippen LogP contribution in [0, 0.1) is 24.6 Å². The second kappa shape index (κ2) is 5.79. The summed E-state index contributed by atoms with van der Waals surface area (Å²) in [5.41, 5.74) is 1.37.